The van der Waals surface area contributed by atoms with Gasteiger partial charge in [0.15, 0.2) is 0 Å². The summed E-state index contributed by atoms with van der Waals surface area (Å²) < 4.78 is 1.79. The van der Waals surface area contributed by atoms with E-state index in [1.807, 2.05) is 38.1 Å². The van der Waals surface area contributed by atoms with Crippen LogP contribution in [0.25, 0.3) is 11.2 Å². The second-order valence-electron chi connectivity index (χ2n) is 4.72. The van der Waals surface area contributed by atoms with E-state index in [1.54, 1.807) is 23.0 Å². The van der Waals surface area contributed by atoms with Crippen LogP contribution in [0.15, 0.2) is 53.9 Å². The van der Waals surface area contributed by atoms with Gasteiger partial charge in [-0.25, -0.2) is 9.51 Å². The van der Waals surface area contributed by atoms with Gasteiger partial charge in [-0.3, -0.25) is 0 Å². The molecule has 0 bridgehead atoms. The normalized spacial score (nSPS) is 12.4. The summed E-state index contributed by atoms with van der Waals surface area (Å²) in [5.74, 6) is 0.612. The molecule has 0 fully saturated rings. The molecule has 3 N–H and O–H groups in total. The first-order chi connectivity index (χ1) is 9.58. The molecule has 0 aliphatic rings. The van der Waals surface area contributed by atoms with Gasteiger partial charge in [-0.2, -0.15) is 5.10 Å². The zero-order valence-electron chi connectivity index (χ0n) is 11.7. The zero-order valence-corrected chi connectivity index (χ0v) is 11.7. The minimum Gasteiger partial charge on any atom is -0.397 e. The molecule has 5 nitrogen and oxygen atoms in total. The van der Waals surface area contributed by atoms with Gasteiger partial charge >= 0.3 is 0 Å². The van der Waals surface area contributed by atoms with Crippen molar-refractivity contribution in [3.05, 3.63) is 54.6 Å². The van der Waals surface area contributed by atoms with Gasteiger partial charge in [-0.1, -0.05) is 12.6 Å². The molecule has 0 aliphatic carbocycles. The minimum atomic E-state index is 0.304. The van der Waals surface area contributed by atoms with E-state index in [4.69, 9.17) is 5.73 Å². The molecular weight excluding hydrogens is 250 g/mol. The average molecular weight is 269 g/mol. The Morgan fingerprint density at radius 3 is 3.00 bits per heavy atom. The Balaban J connectivity index is 2.17. The Kier molecular flexibility index (Phi) is 4.20. The van der Waals surface area contributed by atoms with Crippen molar-refractivity contribution in [3.8, 4) is 0 Å². The maximum Gasteiger partial charge on any atom is 0.118 e. The number of pyridine rings is 1. The van der Waals surface area contributed by atoms with Crippen LogP contribution >= 0.6 is 0 Å². The average Bonchev–Trinajstić information content (AvgIpc) is 2.85. The second-order valence-corrected chi connectivity index (χ2v) is 4.72. The molecule has 20 heavy (non-hydrogen) atoms. The minimum absolute atomic E-state index is 0.304. The number of fused-ring (bicyclic) bond motifs is 1. The van der Waals surface area contributed by atoms with E-state index in [1.165, 1.54) is 0 Å². The van der Waals surface area contributed by atoms with Gasteiger partial charge in [0, 0.05) is 12.3 Å². The van der Waals surface area contributed by atoms with Crippen molar-refractivity contribution in [2.24, 2.45) is 10.7 Å². The van der Waals surface area contributed by atoms with Gasteiger partial charge in [0.1, 0.15) is 5.82 Å². The summed E-state index contributed by atoms with van der Waals surface area (Å²) in [7, 11) is 0. The van der Waals surface area contributed by atoms with Crippen molar-refractivity contribution in [2.45, 2.75) is 19.9 Å². The molecule has 0 saturated carbocycles. The number of hydrogen-bond donors (Lipinski definition) is 2. The Bertz CT molecular complexity index is 664. The molecule has 0 atom stereocenters. The van der Waals surface area contributed by atoms with E-state index in [2.05, 4.69) is 22.0 Å². The highest BCUT2D eigenvalue weighted by Gasteiger charge is 2.02. The Morgan fingerprint density at radius 1 is 1.45 bits per heavy atom. The molecule has 2 aromatic heterocycles. The maximum absolute atomic E-state index is 6.07. The summed E-state index contributed by atoms with van der Waals surface area (Å²) in [5.41, 5.74) is 8.50. The maximum atomic E-state index is 6.07. The number of hydrogen-bond acceptors (Lipinski definition) is 4. The monoisotopic (exact) mass is 269 g/mol. The Morgan fingerprint density at radius 2 is 2.25 bits per heavy atom. The summed E-state index contributed by atoms with van der Waals surface area (Å²) in [4.78, 5) is 4.18. The van der Waals surface area contributed by atoms with E-state index in [0.29, 0.717) is 17.6 Å². The molecule has 0 amide bonds. The highest BCUT2D eigenvalue weighted by Crippen LogP contribution is 2.11. The van der Waals surface area contributed by atoms with Crippen molar-refractivity contribution in [3.63, 3.8) is 0 Å². The van der Waals surface area contributed by atoms with Gasteiger partial charge in [-0.05, 0) is 38.1 Å². The SMILES string of the molecule is C=C(N=C/C=C(\N)c1cccc2ccnn12)NC(C)C. The quantitative estimate of drug-likeness (QED) is 0.817. The fourth-order valence-corrected chi connectivity index (χ4v) is 1.83. The van der Waals surface area contributed by atoms with Gasteiger partial charge < -0.3 is 11.1 Å². The summed E-state index contributed by atoms with van der Waals surface area (Å²) in [6.45, 7) is 7.87. The number of nitrogens with one attached hydrogen (secondary N) is 1. The Hall–Kier alpha value is -2.56. The largest absolute Gasteiger partial charge is 0.397 e. The highest BCUT2D eigenvalue weighted by atomic mass is 15.2. The molecule has 0 radical (unpaired) electrons. The lowest BCUT2D eigenvalue weighted by atomic mass is 10.2. The predicted octanol–water partition coefficient (Wildman–Crippen LogP) is 2.17. The molecule has 0 spiro atoms. The molecule has 0 unspecified atom stereocenters. The molecule has 0 saturated heterocycles. The topological polar surface area (TPSA) is 67.7 Å². The van der Waals surface area contributed by atoms with E-state index in [0.717, 1.165) is 11.2 Å². The van der Waals surface area contributed by atoms with Crippen LogP contribution in [0, 0.1) is 0 Å². The third kappa shape index (κ3) is 3.26. The second kappa shape index (κ2) is 6.06. The molecule has 5 heteroatoms. The van der Waals surface area contributed by atoms with Crippen LogP contribution in [0.2, 0.25) is 0 Å². The summed E-state index contributed by atoms with van der Waals surface area (Å²) in [5, 5.41) is 7.35. The first-order valence-electron chi connectivity index (χ1n) is 6.46. The highest BCUT2D eigenvalue weighted by molar-refractivity contribution is 5.83. The van der Waals surface area contributed by atoms with E-state index < -0.39 is 0 Å². The Labute approximate surface area is 118 Å². The third-order valence-corrected chi connectivity index (χ3v) is 2.66. The van der Waals surface area contributed by atoms with Crippen LogP contribution in [-0.2, 0) is 0 Å². The van der Waals surface area contributed by atoms with Gasteiger partial charge in [0.05, 0.1) is 23.1 Å². The van der Waals surface area contributed by atoms with E-state index in [9.17, 15) is 0 Å². The fraction of sp³-hybridized carbons (Fsp3) is 0.200. The summed E-state index contributed by atoms with van der Waals surface area (Å²) in [6, 6.07) is 8.08. The van der Waals surface area contributed by atoms with E-state index in [-0.39, 0.29) is 0 Å². The molecule has 104 valence electrons. The number of aromatic nitrogens is 2. The lowest BCUT2D eigenvalue weighted by molar-refractivity contribution is 0.666. The predicted molar refractivity (Wildman–Crippen MR) is 83.3 cm³/mol. The van der Waals surface area contributed by atoms with Crippen LogP contribution in [0.4, 0.5) is 0 Å². The number of nitrogens with zero attached hydrogens (tertiary/aromatic N) is 3. The van der Waals surface area contributed by atoms with Crippen molar-refractivity contribution in [2.75, 3.05) is 0 Å². The summed E-state index contributed by atoms with van der Waals surface area (Å²) >= 11 is 0. The number of aliphatic imine (C=N–C) groups is 1. The van der Waals surface area contributed by atoms with E-state index >= 15 is 0 Å². The molecule has 0 aliphatic heterocycles. The molecular formula is C15H19N5. The lowest BCUT2D eigenvalue weighted by Gasteiger charge is -2.07. The van der Waals surface area contributed by atoms with Crippen LogP contribution in [0.1, 0.15) is 19.5 Å². The molecule has 2 aromatic rings. The zero-order chi connectivity index (χ0) is 14.5. The molecule has 2 rings (SSSR count). The van der Waals surface area contributed by atoms with Crippen molar-refractivity contribution < 1.29 is 0 Å². The molecule has 0 aromatic carbocycles. The number of allylic oxidation sites excluding steroid dienone is 1. The molecule has 2 heterocycles. The number of rotatable bonds is 5. The van der Waals surface area contributed by atoms with Gasteiger partial charge in [0.2, 0.25) is 0 Å². The fourth-order valence-electron chi connectivity index (χ4n) is 1.83. The van der Waals surface area contributed by atoms with Crippen LogP contribution in [0.5, 0.6) is 0 Å². The number of nitrogens with two attached hydrogens (primary N) is 1. The summed E-state index contributed by atoms with van der Waals surface area (Å²) in [6.07, 6.45) is 5.12. The smallest absolute Gasteiger partial charge is 0.118 e. The van der Waals surface area contributed by atoms with Crippen LogP contribution in [-0.4, -0.2) is 21.9 Å². The lowest BCUT2D eigenvalue weighted by Crippen LogP contribution is -2.20. The van der Waals surface area contributed by atoms with Crippen LogP contribution < -0.4 is 11.1 Å². The standard InChI is InChI=1S/C15H19N5/c1-11(2)19-12(3)17-9-8-14(16)15-6-4-5-13-7-10-18-20(13)15/h4-11,19H,3,16H2,1-2H3/b14-8-,17-9?. The van der Waals surface area contributed by atoms with Gasteiger partial charge in [-0.15, -0.1) is 0 Å². The van der Waals surface area contributed by atoms with Crippen molar-refractivity contribution >= 4 is 17.4 Å². The van der Waals surface area contributed by atoms with Crippen LogP contribution in [0.3, 0.4) is 0 Å². The van der Waals surface area contributed by atoms with Crippen molar-refractivity contribution in [1.82, 2.24) is 14.9 Å². The van der Waals surface area contributed by atoms with Gasteiger partial charge in [0.25, 0.3) is 0 Å². The first-order valence-corrected chi connectivity index (χ1v) is 6.46. The van der Waals surface area contributed by atoms with Crippen molar-refractivity contribution in [1.29, 1.82) is 0 Å². The third-order valence-electron chi connectivity index (χ3n) is 2.66. The first kappa shape index (κ1) is 13.9.